The molecule has 0 saturated carbocycles. The molecule has 2 aliphatic rings. The summed E-state index contributed by atoms with van der Waals surface area (Å²) in [5.74, 6) is 0.225. The molecule has 0 atom stereocenters. The molecule has 24 heavy (non-hydrogen) atoms. The van der Waals surface area contributed by atoms with Crippen molar-refractivity contribution in [1.82, 2.24) is 4.90 Å². The maximum Gasteiger partial charge on any atom is 0.242 e. The van der Waals surface area contributed by atoms with E-state index in [1.807, 2.05) is 4.90 Å². The average molecular weight is 332 g/mol. The highest BCUT2D eigenvalue weighted by molar-refractivity contribution is 5.81. The second kappa shape index (κ2) is 8.49. The molecule has 1 aromatic rings. The molecule has 0 bridgehead atoms. The van der Waals surface area contributed by atoms with E-state index in [9.17, 15) is 4.79 Å². The van der Waals surface area contributed by atoms with Crippen LogP contribution in [0.5, 0.6) is 0 Å². The van der Waals surface area contributed by atoms with Crippen molar-refractivity contribution in [2.24, 2.45) is 0 Å². The van der Waals surface area contributed by atoms with Gasteiger partial charge >= 0.3 is 0 Å². The third kappa shape index (κ3) is 4.71. The van der Waals surface area contributed by atoms with Crippen molar-refractivity contribution in [2.75, 3.05) is 44.3 Å². The molecule has 1 amide bonds. The lowest BCUT2D eigenvalue weighted by atomic mass is 10.1. The Bertz CT molecular complexity index is 520. The summed E-state index contributed by atoms with van der Waals surface area (Å²) in [5, 5.41) is 0. The number of rotatable bonds is 6. The first-order valence-electron chi connectivity index (χ1n) is 9.05. The number of hydrogen-bond acceptors (Lipinski definition) is 4. The van der Waals surface area contributed by atoms with Crippen molar-refractivity contribution in [3.63, 3.8) is 0 Å². The molecule has 132 valence electrons. The highest BCUT2D eigenvalue weighted by atomic mass is 16.7. The van der Waals surface area contributed by atoms with Gasteiger partial charge in [0.2, 0.25) is 5.91 Å². The topological polar surface area (TPSA) is 42.0 Å². The maximum absolute atomic E-state index is 12.7. The average Bonchev–Trinajstić information content (AvgIpc) is 3.13. The minimum Gasteiger partial charge on any atom is -0.362 e. The first-order valence-corrected chi connectivity index (χ1v) is 9.05. The Hall–Kier alpha value is -1.59. The molecule has 5 nitrogen and oxygen atoms in total. The van der Waals surface area contributed by atoms with E-state index >= 15 is 0 Å². The molecule has 0 radical (unpaired) electrons. The zero-order valence-electron chi connectivity index (χ0n) is 14.6. The molecule has 2 heterocycles. The molecule has 2 saturated heterocycles. The number of nitrogens with zero attached hydrogens (tertiary/aromatic N) is 2. The third-order valence-electron chi connectivity index (χ3n) is 4.76. The van der Waals surface area contributed by atoms with Gasteiger partial charge in [-0.25, -0.2) is 0 Å². The van der Waals surface area contributed by atoms with Crippen LogP contribution in [0.2, 0.25) is 0 Å². The lowest BCUT2D eigenvalue weighted by molar-refractivity contribution is -0.130. The summed E-state index contributed by atoms with van der Waals surface area (Å²) in [5.41, 5.74) is 2.31. The van der Waals surface area contributed by atoms with Gasteiger partial charge in [0.25, 0.3) is 0 Å². The molecule has 0 spiro atoms. The minimum atomic E-state index is -0.136. The Balaban J connectivity index is 1.63. The fourth-order valence-corrected chi connectivity index (χ4v) is 3.30. The lowest BCUT2D eigenvalue weighted by Crippen LogP contribution is -2.43. The Morgan fingerprint density at radius 2 is 1.79 bits per heavy atom. The molecular weight excluding hydrogens is 304 g/mol. The normalized spacial score (nSPS) is 18.8. The molecule has 2 fully saturated rings. The van der Waals surface area contributed by atoms with Gasteiger partial charge in [-0.1, -0.05) is 17.7 Å². The molecule has 2 aliphatic heterocycles. The van der Waals surface area contributed by atoms with E-state index in [1.165, 1.54) is 12.0 Å². The highest BCUT2D eigenvalue weighted by Crippen LogP contribution is 2.18. The molecule has 0 aromatic heterocycles. The lowest BCUT2D eigenvalue weighted by Gasteiger charge is -2.31. The van der Waals surface area contributed by atoms with Crippen LogP contribution in [0.3, 0.4) is 0 Å². The first kappa shape index (κ1) is 17.2. The van der Waals surface area contributed by atoms with Gasteiger partial charge in [0.05, 0.1) is 19.8 Å². The Kier molecular flexibility index (Phi) is 6.10. The number of amides is 1. The van der Waals surface area contributed by atoms with Crippen LogP contribution < -0.4 is 4.90 Å². The number of piperidine rings is 1. The molecule has 5 heteroatoms. The summed E-state index contributed by atoms with van der Waals surface area (Å²) >= 11 is 0. The Morgan fingerprint density at radius 3 is 2.46 bits per heavy atom. The Labute approximate surface area is 144 Å². The van der Waals surface area contributed by atoms with E-state index in [1.54, 1.807) is 0 Å². The zero-order valence-corrected chi connectivity index (χ0v) is 14.6. The van der Waals surface area contributed by atoms with Gasteiger partial charge in [0, 0.05) is 31.7 Å². The smallest absolute Gasteiger partial charge is 0.242 e. The second-order valence-electron chi connectivity index (χ2n) is 6.66. The minimum absolute atomic E-state index is 0.136. The summed E-state index contributed by atoms with van der Waals surface area (Å²) < 4.78 is 11.1. The number of aryl methyl sites for hydroxylation is 1. The van der Waals surface area contributed by atoms with E-state index < -0.39 is 0 Å². The van der Waals surface area contributed by atoms with Crippen LogP contribution in [0.25, 0.3) is 0 Å². The largest absolute Gasteiger partial charge is 0.362 e. The quantitative estimate of drug-likeness (QED) is 0.803. The van der Waals surface area contributed by atoms with Gasteiger partial charge in [-0.3, -0.25) is 4.79 Å². The first-order chi connectivity index (χ1) is 11.7. The monoisotopic (exact) mass is 332 g/mol. The molecule has 0 unspecified atom stereocenters. The van der Waals surface area contributed by atoms with Crippen LogP contribution in [0.1, 0.15) is 31.2 Å². The number of carbonyl (C=O) groups is 1. The predicted molar refractivity (Wildman–Crippen MR) is 94.1 cm³/mol. The summed E-state index contributed by atoms with van der Waals surface area (Å²) in [6.07, 6.45) is 4.13. The van der Waals surface area contributed by atoms with Crippen molar-refractivity contribution in [2.45, 2.75) is 38.9 Å². The van der Waals surface area contributed by atoms with Gasteiger partial charge in [-0.2, -0.15) is 0 Å². The van der Waals surface area contributed by atoms with Gasteiger partial charge in [0.1, 0.15) is 0 Å². The van der Waals surface area contributed by atoms with Gasteiger partial charge in [0.15, 0.2) is 6.29 Å². The van der Waals surface area contributed by atoms with Crippen molar-refractivity contribution >= 4 is 11.6 Å². The molecule has 3 rings (SSSR count). The molecule has 0 N–H and O–H groups in total. The molecule has 1 aromatic carbocycles. The molecule has 0 aliphatic carbocycles. The number of likely N-dealkylation sites (tertiary alicyclic amines) is 1. The van der Waals surface area contributed by atoms with E-state index in [-0.39, 0.29) is 12.2 Å². The van der Waals surface area contributed by atoms with Crippen molar-refractivity contribution in [3.05, 3.63) is 29.8 Å². The highest BCUT2D eigenvalue weighted by Gasteiger charge is 2.22. The van der Waals surface area contributed by atoms with E-state index in [0.717, 1.165) is 44.6 Å². The number of carbonyl (C=O) groups excluding carboxylic acids is 1. The van der Waals surface area contributed by atoms with Crippen molar-refractivity contribution in [1.29, 1.82) is 0 Å². The third-order valence-corrected chi connectivity index (χ3v) is 4.76. The van der Waals surface area contributed by atoms with E-state index in [0.29, 0.717) is 19.8 Å². The van der Waals surface area contributed by atoms with E-state index in [2.05, 4.69) is 36.1 Å². The summed E-state index contributed by atoms with van der Waals surface area (Å²) in [6.45, 7) is 6.39. The Morgan fingerprint density at radius 1 is 1.12 bits per heavy atom. The van der Waals surface area contributed by atoms with Crippen molar-refractivity contribution in [3.8, 4) is 0 Å². The SMILES string of the molecule is Cc1ccc(N(CCC2OCCO2)CC(=O)N2CCCCC2)cc1. The number of benzene rings is 1. The van der Waals surface area contributed by atoms with Crippen LogP contribution >= 0.6 is 0 Å². The molecular formula is C19H28N2O3. The zero-order chi connectivity index (χ0) is 16.8. The predicted octanol–water partition coefficient (Wildman–Crippen LogP) is 2.58. The van der Waals surface area contributed by atoms with Gasteiger partial charge in [-0.05, 0) is 38.3 Å². The van der Waals surface area contributed by atoms with Crippen LogP contribution in [-0.2, 0) is 14.3 Å². The van der Waals surface area contributed by atoms with E-state index in [4.69, 9.17) is 9.47 Å². The standard InChI is InChI=1S/C19H28N2O3/c1-16-5-7-17(8-6-16)21(12-9-19-23-13-14-24-19)15-18(22)20-10-3-2-4-11-20/h5-8,19H,2-4,9-15H2,1H3. The van der Waals surface area contributed by atoms with Crippen LogP contribution in [0.15, 0.2) is 24.3 Å². The van der Waals surface area contributed by atoms with Gasteiger partial charge in [-0.15, -0.1) is 0 Å². The maximum atomic E-state index is 12.7. The van der Waals surface area contributed by atoms with Crippen LogP contribution in [-0.4, -0.2) is 56.5 Å². The number of anilines is 1. The summed E-state index contributed by atoms with van der Waals surface area (Å²) in [4.78, 5) is 16.8. The van der Waals surface area contributed by atoms with Crippen LogP contribution in [0, 0.1) is 6.92 Å². The second-order valence-corrected chi connectivity index (χ2v) is 6.66. The summed E-state index contributed by atoms with van der Waals surface area (Å²) in [7, 11) is 0. The van der Waals surface area contributed by atoms with Gasteiger partial charge < -0.3 is 19.3 Å². The number of hydrogen-bond donors (Lipinski definition) is 0. The van der Waals surface area contributed by atoms with Crippen molar-refractivity contribution < 1.29 is 14.3 Å². The van der Waals surface area contributed by atoms with Crippen LogP contribution in [0.4, 0.5) is 5.69 Å². The summed E-state index contributed by atoms with van der Waals surface area (Å²) in [6, 6.07) is 8.37. The fraction of sp³-hybridized carbons (Fsp3) is 0.632. The number of ether oxygens (including phenoxy) is 2. The fourth-order valence-electron chi connectivity index (χ4n) is 3.30.